The second-order valence-electron chi connectivity index (χ2n) is 6.61. The summed E-state index contributed by atoms with van der Waals surface area (Å²) >= 11 is 0. The number of hydrogen-bond donors (Lipinski definition) is 2. The lowest BCUT2D eigenvalue weighted by Crippen LogP contribution is -2.27. The van der Waals surface area contributed by atoms with Crippen LogP contribution in [0.25, 0.3) is 0 Å². The number of aromatic nitrogens is 2. The minimum absolute atomic E-state index is 0.159. The maximum Gasteiger partial charge on any atom is 0.254 e. The Labute approximate surface area is 148 Å². The fraction of sp³-hybridized carbons (Fsp3) is 0.421. The van der Waals surface area contributed by atoms with Crippen molar-refractivity contribution in [3.05, 3.63) is 41.5 Å². The van der Waals surface area contributed by atoms with Crippen LogP contribution in [0.5, 0.6) is 0 Å². The predicted octanol–water partition coefficient (Wildman–Crippen LogP) is 3.77. The van der Waals surface area contributed by atoms with E-state index in [0.29, 0.717) is 24.2 Å². The summed E-state index contributed by atoms with van der Waals surface area (Å²) in [6.45, 7) is 7.03. The lowest BCUT2D eigenvalue weighted by atomic mass is 9.98. The standard InChI is InChI=1S/C19H24N4O2/c1-12(2)14-7-4-6-13(3)18(14)20-16-9-10-17(23-22-16)21-19(24)15-8-5-11-25-15/h4,6-7,9-10,12,15H,5,8,11H2,1-3H3,(H,20,22)(H,21,23,24). The van der Waals surface area contributed by atoms with Crippen molar-refractivity contribution in [1.82, 2.24) is 10.2 Å². The quantitative estimate of drug-likeness (QED) is 0.866. The fourth-order valence-electron chi connectivity index (χ4n) is 2.93. The van der Waals surface area contributed by atoms with Crippen molar-refractivity contribution in [3.8, 4) is 0 Å². The number of hydrogen-bond acceptors (Lipinski definition) is 5. The maximum absolute atomic E-state index is 12.0. The number of amides is 1. The molecule has 0 saturated carbocycles. The number of nitrogens with zero attached hydrogens (tertiary/aromatic N) is 2. The molecule has 6 heteroatoms. The summed E-state index contributed by atoms with van der Waals surface area (Å²) in [6.07, 6.45) is 1.30. The first kappa shape index (κ1) is 17.4. The molecule has 3 rings (SSSR count). The predicted molar refractivity (Wildman–Crippen MR) is 98.2 cm³/mol. The Kier molecular flexibility index (Phi) is 5.28. The van der Waals surface area contributed by atoms with Gasteiger partial charge in [0.15, 0.2) is 11.6 Å². The number of para-hydroxylation sites is 1. The van der Waals surface area contributed by atoms with E-state index in [-0.39, 0.29) is 12.0 Å². The molecule has 6 nitrogen and oxygen atoms in total. The topological polar surface area (TPSA) is 76.1 Å². The van der Waals surface area contributed by atoms with E-state index in [1.165, 1.54) is 5.56 Å². The monoisotopic (exact) mass is 340 g/mol. The summed E-state index contributed by atoms with van der Waals surface area (Å²) in [5.41, 5.74) is 3.45. The summed E-state index contributed by atoms with van der Waals surface area (Å²) < 4.78 is 5.37. The molecule has 1 aromatic carbocycles. The number of benzene rings is 1. The zero-order chi connectivity index (χ0) is 17.8. The SMILES string of the molecule is Cc1cccc(C(C)C)c1Nc1ccc(NC(=O)C2CCCO2)nn1. The van der Waals surface area contributed by atoms with Crippen LogP contribution in [0.4, 0.5) is 17.3 Å². The van der Waals surface area contributed by atoms with E-state index < -0.39 is 0 Å². The van der Waals surface area contributed by atoms with Crippen molar-refractivity contribution in [3.63, 3.8) is 0 Å². The smallest absolute Gasteiger partial charge is 0.254 e. The van der Waals surface area contributed by atoms with Gasteiger partial charge in [-0.15, -0.1) is 10.2 Å². The molecule has 1 aromatic heterocycles. The molecule has 1 saturated heterocycles. The van der Waals surface area contributed by atoms with Crippen molar-refractivity contribution in [2.75, 3.05) is 17.2 Å². The number of aryl methyl sites for hydroxylation is 1. The van der Waals surface area contributed by atoms with Crippen LogP contribution in [0.2, 0.25) is 0 Å². The Morgan fingerprint density at radius 2 is 1.96 bits per heavy atom. The van der Waals surface area contributed by atoms with Gasteiger partial charge in [0, 0.05) is 12.3 Å². The van der Waals surface area contributed by atoms with Crippen molar-refractivity contribution >= 4 is 23.2 Å². The van der Waals surface area contributed by atoms with Crippen LogP contribution < -0.4 is 10.6 Å². The van der Waals surface area contributed by atoms with Gasteiger partial charge in [-0.05, 0) is 48.9 Å². The zero-order valence-electron chi connectivity index (χ0n) is 14.9. The second-order valence-corrected chi connectivity index (χ2v) is 6.61. The summed E-state index contributed by atoms with van der Waals surface area (Å²) in [7, 11) is 0. The van der Waals surface area contributed by atoms with Gasteiger partial charge in [0.05, 0.1) is 0 Å². The van der Waals surface area contributed by atoms with Gasteiger partial charge in [0.2, 0.25) is 0 Å². The maximum atomic E-state index is 12.0. The van der Waals surface area contributed by atoms with Gasteiger partial charge < -0.3 is 15.4 Å². The highest BCUT2D eigenvalue weighted by Crippen LogP contribution is 2.29. The molecule has 0 bridgehead atoms. The highest BCUT2D eigenvalue weighted by atomic mass is 16.5. The van der Waals surface area contributed by atoms with Crippen LogP contribution in [-0.4, -0.2) is 28.8 Å². The highest BCUT2D eigenvalue weighted by molar-refractivity contribution is 5.93. The zero-order valence-corrected chi connectivity index (χ0v) is 14.9. The van der Waals surface area contributed by atoms with E-state index in [4.69, 9.17) is 4.74 Å². The molecule has 2 N–H and O–H groups in total. The third-order valence-corrected chi connectivity index (χ3v) is 4.32. The van der Waals surface area contributed by atoms with Crippen LogP contribution in [0.1, 0.15) is 43.7 Å². The molecular formula is C19H24N4O2. The Hall–Kier alpha value is -2.47. The van der Waals surface area contributed by atoms with Crippen molar-refractivity contribution in [2.45, 2.75) is 45.6 Å². The van der Waals surface area contributed by atoms with Gasteiger partial charge in [0.1, 0.15) is 6.10 Å². The minimum atomic E-state index is -0.375. The Morgan fingerprint density at radius 1 is 1.20 bits per heavy atom. The van der Waals surface area contributed by atoms with Crippen molar-refractivity contribution in [2.24, 2.45) is 0 Å². The number of ether oxygens (including phenoxy) is 1. The van der Waals surface area contributed by atoms with Crippen LogP contribution in [0.15, 0.2) is 30.3 Å². The third kappa shape index (κ3) is 4.14. The van der Waals surface area contributed by atoms with Gasteiger partial charge in [-0.2, -0.15) is 0 Å². The van der Waals surface area contributed by atoms with Gasteiger partial charge in [-0.1, -0.05) is 32.0 Å². The number of nitrogens with one attached hydrogen (secondary N) is 2. The first-order chi connectivity index (χ1) is 12.0. The fourth-order valence-corrected chi connectivity index (χ4v) is 2.93. The van der Waals surface area contributed by atoms with Crippen molar-refractivity contribution in [1.29, 1.82) is 0 Å². The Bertz CT molecular complexity index is 738. The average molecular weight is 340 g/mol. The van der Waals surface area contributed by atoms with E-state index in [1.54, 1.807) is 6.07 Å². The highest BCUT2D eigenvalue weighted by Gasteiger charge is 2.23. The molecule has 1 aliphatic heterocycles. The van der Waals surface area contributed by atoms with Gasteiger partial charge in [-0.25, -0.2) is 0 Å². The van der Waals surface area contributed by atoms with E-state index in [1.807, 2.05) is 6.07 Å². The van der Waals surface area contributed by atoms with Crippen LogP contribution in [0.3, 0.4) is 0 Å². The summed E-state index contributed by atoms with van der Waals surface area (Å²) in [4.78, 5) is 12.0. The largest absolute Gasteiger partial charge is 0.368 e. The van der Waals surface area contributed by atoms with Crippen molar-refractivity contribution < 1.29 is 9.53 Å². The molecule has 1 aliphatic rings. The lowest BCUT2D eigenvalue weighted by Gasteiger charge is -2.16. The lowest BCUT2D eigenvalue weighted by molar-refractivity contribution is -0.124. The van der Waals surface area contributed by atoms with Gasteiger partial charge in [0.25, 0.3) is 5.91 Å². The molecule has 1 amide bonds. The molecule has 0 spiro atoms. The average Bonchev–Trinajstić information content (AvgIpc) is 3.13. The van der Waals surface area contributed by atoms with Crippen LogP contribution in [-0.2, 0) is 9.53 Å². The molecule has 2 heterocycles. The second kappa shape index (κ2) is 7.61. The first-order valence-corrected chi connectivity index (χ1v) is 8.67. The Balaban J connectivity index is 1.70. The summed E-state index contributed by atoms with van der Waals surface area (Å²) in [6, 6.07) is 9.80. The molecule has 132 valence electrons. The summed E-state index contributed by atoms with van der Waals surface area (Å²) in [5.74, 6) is 1.32. The third-order valence-electron chi connectivity index (χ3n) is 4.32. The van der Waals surface area contributed by atoms with Crippen LogP contribution in [0, 0.1) is 6.92 Å². The van der Waals surface area contributed by atoms with E-state index in [2.05, 4.69) is 59.8 Å². The molecule has 1 atom stereocenters. The first-order valence-electron chi connectivity index (χ1n) is 8.67. The number of rotatable bonds is 5. The van der Waals surface area contributed by atoms with Gasteiger partial charge >= 0.3 is 0 Å². The number of carbonyl (C=O) groups excluding carboxylic acids is 1. The molecule has 0 aliphatic carbocycles. The molecule has 2 aromatic rings. The Morgan fingerprint density at radius 3 is 2.60 bits per heavy atom. The molecular weight excluding hydrogens is 316 g/mol. The normalized spacial score (nSPS) is 16.9. The number of anilines is 3. The molecule has 0 radical (unpaired) electrons. The van der Waals surface area contributed by atoms with E-state index >= 15 is 0 Å². The van der Waals surface area contributed by atoms with Gasteiger partial charge in [-0.3, -0.25) is 4.79 Å². The molecule has 1 unspecified atom stereocenters. The van der Waals surface area contributed by atoms with Crippen LogP contribution >= 0.6 is 0 Å². The minimum Gasteiger partial charge on any atom is -0.368 e. The molecule has 1 fully saturated rings. The molecule has 25 heavy (non-hydrogen) atoms. The number of carbonyl (C=O) groups is 1. The van der Waals surface area contributed by atoms with E-state index in [9.17, 15) is 4.79 Å². The summed E-state index contributed by atoms with van der Waals surface area (Å²) in [5, 5.41) is 14.4. The van der Waals surface area contributed by atoms with E-state index in [0.717, 1.165) is 24.1 Å².